The number of hydrogen-bond acceptors (Lipinski definition) is 3. The van der Waals surface area contributed by atoms with Crippen LogP contribution in [0.25, 0.3) is 0 Å². The summed E-state index contributed by atoms with van der Waals surface area (Å²) in [4.78, 5) is 11.7. The first-order chi connectivity index (χ1) is 8.50. The number of aryl methyl sites for hydroxylation is 1. The lowest BCUT2D eigenvalue weighted by molar-refractivity contribution is -0.151. The summed E-state index contributed by atoms with van der Waals surface area (Å²) in [7, 11) is 0. The maximum absolute atomic E-state index is 11.7. The highest BCUT2D eigenvalue weighted by Gasteiger charge is 2.19. The van der Waals surface area contributed by atoms with Crippen molar-refractivity contribution in [3.05, 3.63) is 35.9 Å². The fourth-order valence-corrected chi connectivity index (χ4v) is 1.49. The second-order valence-corrected chi connectivity index (χ2v) is 5.02. The van der Waals surface area contributed by atoms with Crippen LogP contribution in [0, 0.1) is 5.92 Å². The minimum Gasteiger partial charge on any atom is -0.461 e. The predicted octanol–water partition coefficient (Wildman–Crippen LogP) is 2.53. The van der Waals surface area contributed by atoms with Gasteiger partial charge in [0, 0.05) is 0 Å². The van der Waals surface area contributed by atoms with Gasteiger partial charge in [0.05, 0.1) is 0 Å². The zero-order valence-corrected chi connectivity index (χ0v) is 11.4. The van der Waals surface area contributed by atoms with Crippen molar-refractivity contribution in [2.45, 2.75) is 45.8 Å². The van der Waals surface area contributed by atoms with Gasteiger partial charge in [0.2, 0.25) is 0 Å². The van der Waals surface area contributed by atoms with Gasteiger partial charge in [0.1, 0.15) is 12.1 Å². The molecule has 0 aliphatic heterocycles. The number of carbonyl (C=O) groups excluding carboxylic acids is 1. The van der Waals surface area contributed by atoms with Crippen molar-refractivity contribution in [3.8, 4) is 0 Å². The number of esters is 1. The van der Waals surface area contributed by atoms with E-state index in [1.165, 1.54) is 5.56 Å². The molecule has 0 saturated heterocycles. The van der Waals surface area contributed by atoms with Crippen molar-refractivity contribution in [2.75, 3.05) is 0 Å². The molecule has 100 valence electrons. The van der Waals surface area contributed by atoms with Gasteiger partial charge in [-0.05, 0) is 31.2 Å². The van der Waals surface area contributed by atoms with E-state index in [1.807, 2.05) is 51.1 Å². The highest BCUT2D eigenvalue weighted by Crippen LogP contribution is 2.09. The van der Waals surface area contributed by atoms with E-state index in [9.17, 15) is 4.79 Å². The second kappa shape index (κ2) is 7.17. The van der Waals surface area contributed by atoms with Crippen LogP contribution in [-0.4, -0.2) is 18.1 Å². The molecule has 3 nitrogen and oxygen atoms in total. The van der Waals surface area contributed by atoms with E-state index in [0.29, 0.717) is 12.3 Å². The molecule has 0 saturated carbocycles. The molecule has 0 aliphatic carbocycles. The molecule has 0 bridgehead atoms. The number of hydrogen-bond donors (Lipinski definition) is 1. The minimum absolute atomic E-state index is 0.0831. The van der Waals surface area contributed by atoms with Crippen molar-refractivity contribution >= 4 is 5.97 Å². The summed E-state index contributed by atoms with van der Waals surface area (Å²) < 4.78 is 5.30. The van der Waals surface area contributed by atoms with Crippen LogP contribution < -0.4 is 5.73 Å². The highest BCUT2D eigenvalue weighted by atomic mass is 16.5. The Morgan fingerprint density at radius 2 is 1.83 bits per heavy atom. The van der Waals surface area contributed by atoms with Crippen molar-refractivity contribution < 1.29 is 9.53 Å². The average Bonchev–Trinajstić information content (AvgIpc) is 2.36. The van der Waals surface area contributed by atoms with Crippen molar-refractivity contribution in [3.63, 3.8) is 0 Å². The molecule has 0 aromatic heterocycles. The van der Waals surface area contributed by atoms with Crippen molar-refractivity contribution in [2.24, 2.45) is 11.7 Å². The molecule has 2 unspecified atom stereocenters. The Balaban J connectivity index is 2.36. The van der Waals surface area contributed by atoms with Gasteiger partial charge in [0.15, 0.2) is 0 Å². The molecule has 0 spiro atoms. The van der Waals surface area contributed by atoms with Gasteiger partial charge < -0.3 is 10.5 Å². The van der Waals surface area contributed by atoms with Gasteiger partial charge in [0.25, 0.3) is 0 Å². The lowest BCUT2D eigenvalue weighted by Gasteiger charge is -2.19. The summed E-state index contributed by atoms with van der Waals surface area (Å²) in [5.41, 5.74) is 7.03. The Kier molecular flexibility index (Phi) is 5.86. The van der Waals surface area contributed by atoms with E-state index in [4.69, 9.17) is 10.5 Å². The number of carbonyl (C=O) groups is 1. The second-order valence-electron chi connectivity index (χ2n) is 5.02. The van der Waals surface area contributed by atoms with E-state index < -0.39 is 6.04 Å². The fourth-order valence-electron chi connectivity index (χ4n) is 1.49. The topological polar surface area (TPSA) is 52.3 Å². The van der Waals surface area contributed by atoms with Crippen LogP contribution in [-0.2, 0) is 16.0 Å². The van der Waals surface area contributed by atoms with E-state index in [2.05, 4.69) is 0 Å². The molecule has 1 aromatic carbocycles. The summed E-state index contributed by atoms with van der Waals surface area (Å²) in [6.45, 7) is 5.94. The van der Waals surface area contributed by atoms with Gasteiger partial charge in [-0.1, -0.05) is 44.2 Å². The number of benzene rings is 1. The molecule has 2 atom stereocenters. The number of ether oxygens (including phenoxy) is 1. The number of nitrogens with two attached hydrogens (primary N) is 1. The van der Waals surface area contributed by atoms with E-state index in [-0.39, 0.29) is 12.1 Å². The summed E-state index contributed by atoms with van der Waals surface area (Å²) in [6.07, 6.45) is 1.33. The standard InChI is InChI=1S/C15H23NO2/c1-11(2)12(3)18-15(17)14(16)10-9-13-7-5-4-6-8-13/h4-8,11-12,14H,9-10,16H2,1-3H3. The molecule has 2 N–H and O–H groups in total. The van der Waals surface area contributed by atoms with E-state index in [0.717, 1.165) is 6.42 Å². The van der Waals surface area contributed by atoms with Crippen LogP contribution in [0.4, 0.5) is 0 Å². The quantitative estimate of drug-likeness (QED) is 0.788. The van der Waals surface area contributed by atoms with Crippen LogP contribution in [0.5, 0.6) is 0 Å². The van der Waals surface area contributed by atoms with Crippen LogP contribution in [0.15, 0.2) is 30.3 Å². The predicted molar refractivity (Wildman–Crippen MR) is 73.1 cm³/mol. The summed E-state index contributed by atoms with van der Waals surface area (Å²) in [6, 6.07) is 9.48. The molecule has 1 aromatic rings. The molecule has 3 heteroatoms. The fraction of sp³-hybridized carbons (Fsp3) is 0.533. The van der Waals surface area contributed by atoms with Gasteiger partial charge in [-0.3, -0.25) is 4.79 Å². The Labute approximate surface area is 109 Å². The molecule has 0 heterocycles. The summed E-state index contributed by atoms with van der Waals surface area (Å²) in [5.74, 6) is 0.0161. The van der Waals surface area contributed by atoms with Crippen molar-refractivity contribution in [1.82, 2.24) is 0 Å². The first kappa shape index (κ1) is 14.7. The molecule has 0 fully saturated rings. The zero-order valence-electron chi connectivity index (χ0n) is 11.4. The monoisotopic (exact) mass is 249 g/mol. The molecular formula is C15H23NO2. The third-order valence-corrected chi connectivity index (χ3v) is 3.13. The molecular weight excluding hydrogens is 226 g/mol. The lowest BCUT2D eigenvalue weighted by Crippen LogP contribution is -2.35. The maximum Gasteiger partial charge on any atom is 0.323 e. The third kappa shape index (κ3) is 4.88. The molecule has 18 heavy (non-hydrogen) atoms. The maximum atomic E-state index is 11.7. The van der Waals surface area contributed by atoms with Gasteiger partial charge in [-0.2, -0.15) is 0 Å². The Hall–Kier alpha value is -1.35. The van der Waals surface area contributed by atoms with E-state index >= 15 is 0 Å². The van der Waals surface area contributed by atoms with Crippen LogP contribution in [0.1, 0.15) is 32.8 Å². The Morgan fingerprint density at radius 3 is 2.39 bits per heavy atom. The Bertz CT molecular complexity index is 362. The van der Waals surface area contributed by atoms with Gasteiger partial charge in [-0.15, -0.1) is 0 Å². The summed E-state index contributed by atoms with van der Waals surface area (Å²) in [5, 5.41) is 0. The van der Waals surface area contributed by atoms with E-state index in [1.54, 1.807) is 0 Å². The summed E-state index contributed by atoms with van der Waals surface area (Å²) >= 11 is 0. The van der Waals surface area contributed by atoms with Gasteiger partial charge in [-0.25, -0.2) is 0 Å². The molecule has 1 rings (SSSR count). The first-order valence-electron chi connectivity index (χ1n) is 6.50. The SMILES string of the molecule is CC(C)C(C)OC(=O)C(N)CCc1ccccc1. The average molecular weight is 249 g/mol. The van der Waals surface area contributed by atoms with Crippen LogP contribution >= 0.6 is 0 Å². The first-order valence-corrected chi connectivity index (χ1v) is 6.50. The molecule has 0 amide bonds. The van der Waals surface area contributed by atoms with Crippen molar-refractivity contribution in [1.29, 1.82) is 0 Å². The Morgan fingerprint density at radius 1 is 1.22 bits per heavy atom. The molecule has 0 aliphatic rings. The highest BCUT2D eigenvalue weighted by molar-refractivity contribution is 5.75. The van der Waals surface area contributed by atoms with Crippen LogP contribution in [0.2, 0.25) is 0 Å². The number of rotatable bonds is 6. The smallest absolute Gasteiger partial charge is 0.323 e. The van der Waals surface area contributed by atoms with Gasteiger partial charge >= 0.3 is 5.97 Å². The molecule has 0 radical (unpaired) electrons. The normalized spacial score (nSPS) is 14.3. The third-order valence-electron chi connectivity index (χ3n) is 3.13. The van der Waals surface area contributed by atoms with Crippen LogP contribution in [0.3, 0.4) is 0 Å². The minimum atomic E-state index is -0.536. The largest absolute Gasteiger partial charge is 0.461 e. The zero-order chi connectivity index (χ0) is 13.5. The lowest BCUT2D eigenvalue weighted by atomic mass is 10.1.